The summed E-state index contributed by atoms with van der Waals surface area (Å²) in [6.45, 7) is 0. The number of hydrazine groups is 1. The Balaban J connectivity index is 1.71. The number of carbonyl (C=O) groups is 2. The molecule has 7 heteroatoms. The molecule has 0 saturated heterocycles. The van der Waals surface area contributed by atoms with Gasteiger partial charge in [0.05, 0.1) is 5.56 Å². The molecule has 2 amide bonds. The van der Waals surface area contributed by atoms with E-state index in [0.717, 1.165) is 0 Å². The summed E-state index contributed by atoms with van der Waals surface area (Å²) >= 11 is 9.16. The average Bonchev–Trinajstić information content (AvgIpc) is 2.95. The maximum Gasteiger partial charge on any atom is 0.305 e. The largest absolute Gasteiger partial charge is 0.451 e. The van der Waals surface area contributed by atoms with Crippen LogP contribution in [0.4, 0.5) is 0 Å². The molecule has 1 aromatic heterocycles. The Bertz CT molecular complexity index is 907. The molecule has 0 aliphatic rings. The van der Waals surface area contributed by atoms with Crippen LogP contribution >= 0.6 is 27.5 Å². The third-order valence-electron chi connectivity index (χ3n) is 3.11. The van der Waals surface area contributed by atoms with Crippen LogP contribution in [0.15, 0.2) is 57.4 Å². The summed E-state index contributed by atoms with van der Waals surface area (Å²) in [5, 5.41) is 1.26. The number of hydrogen-bond donors (Lipinski definition) is 2. The van der Waals surface area contributed by atoms with Crippen LogP contribution in [0, 0.1) is 0 Å². The topological polar surface area (TPSA) is 71.3 Å². The standard InChI is InChI=1S/C16H10BrClN2O3/c17-12-4-2-1-3-11(12)15(21)19-20-16(22)14-8-9-7-10(18)5-6-13(9)23-14/h1-8H,(H,19,21)(H,20,22). The van der Waals surface area contributed by atoms with Gasteiger partial charge in [-0.3, -0.25) is 20.4 Å². The SMILES string of the molecule is O=C(NNC(=O)c1ccccc1Br)c1cc2cc(Cl)ccc2o1. The zero-order valence-electron chi connectivity index (χ0n) is 11.6. The van der Waals surface area contributed by atoms with Crippen LogP contribution in [0.1, 0.15) is 20.9 Å². The summed E-state index contributed by atoms with van der Waals surface area (Å²) in [5.74, 6) is -0.919. The van der Waals surface area contributed by atoms with Crippen molar-refractivity contribution in [1.29, 1.82) is 0 Å². The lowest BCUT2D eigenvalue weighted by molar-refractivity contribution is 0.0832. The Labute approximate surface area is 144 Å². The van der Waals surface area contributed by atoms with E-state index in [1.165, 1.54) is 0 Å². The first-order valence-electron chi connectivity index (χ1n) is 6.59. The first kappa shape index (κ1) is 15.6. The molecule has 2 aromatic carbocycles. The molecule has 0 bridgehead atoms. The number of furan rings is 1. The average molecular weight is 394 g/mol. The van der Waals surface area contributed by atoms with Gasteiger partial charge in [-0.2, -0.15) is 0 Å². The van der Waals surface area contributed by atoms with Crippen LogP contribution < -0.4 is 10.9 Å². The Hall–Kier alpha value is -2.31. The Kier molecular flexibility index (Phi) is 4.36. The molecule has 0 saturated carbocycles. The highest BCUT2D eigenvalue weighted by molar-refractivity contribution is 9.10. The molecule has 3 rings (SSSR count). The third-order valence-corrected chi connectivity index (χ3v) is 4.04. The van der Waals surface area contributed by atoms with Crippen LogP contribution in [-0.4, -0.2) is 11.8 Å². The van der Waals surface area contributed by atoms with E-state index >= 15 is 0 Å². The van der Waals surface area contributed by atoms with Gasteiger partial charge in [-0.1, -0.05) is 23.7 Å². The summed E-state index contributed by atoms with van der Waals surface area (Å²) in [6.07, 6.45) is 0. The highest BCUT2D eigenvalue weighted by atomic mass is 79.9. The predicted molar refractivity (Wildman–Crippen MR) is 90.3 cm³/mol. The Morgan fingerprint density at radius 1 is 1.00 bits per heavy atom. The maximum atomic E-state index is 12.1. The molecular weight excluding hydrogens is 384 g/mol. The first-order chi connectivity index (χ1) is 11.0. The number of halogens is 2. The van der Waals surface area contributed by atoms with E-state index < -0.39 is 11.8 Å². The molecule has 0 spiro atoms. The van der Waals surface area contributed by atoms with Gasteiger partial charge < -0.3 is 4.42 Å². The number of fused-ring (bicyclic) bond motifs is 1. The van der Waals surface area contributed by atoms with E-state index in [4.69, 9.17) is 16.0 Å². The van der Waals surface area contributed by atoms with Crippen molar-refractivity contribution in [2.24, 2.45) is 0 Å². The molecule has 0 radical (unpaired) electrons. The number of nitrogens with one attached hydrogen (secondary N) is 2. The number of rotatable bonds is 2. The lowest BCUT2D eigenvalue weighted by Gasteiger charge is -2.07. The number of amides is 2. The number of carbonyl (C=O) groups excluding carboxylic acids is 2. The lowest BCUT2D eigenvalue weighted by atomic mass is 10.2. The van der Waals surface area contributed by atoms with Gasteiger partial charge in [-0.05, 0) is 52.3 Å². The fourth-order valence-electron chi connectivity index (χ4n) is 2.01. The molecule has 116 valence electrons. The molecule has 0 fully saturated rings. The minimum absolute atomic E-state index is 0.0784. The first-order valence-corrected chi connectivity index (χ1v) is 7.76. The summed E-state index contributed by atoms with van der Waals surface area (Å²) in [4.78, 5) is 24.1. The molecule has 1 heterocycles. The van der Waals surface area contributed by atoms with Crippen molar-refractivity contribution in [3.8, 4) is 0 Å². The highest BCUT2D eigenvalue weighted by Crippen LogP contribution is 2.23. The van der Waals surface area contributed by atoms with Gasteiger partial charge in [-0.15, -0.1) is 0 Å². The van der Waals surface area contributed by atoms with Crippen LogP contribution in [0.3, 0.4) is 0 Å². The smallest absolute Gasteiger partial charge is 0.305 e. The lowest BCUT2D eigenvalue weighted by Crippen LogP contribution is -2.41. The molecule has 5 nitrogen and oxygen atoms in total. The van der Waals surface area contributed by atoms with E-state index in [9.17, 15) is 9.59 Å². The van der Waals surface area contributed by atoms with Crippen molar-refractivity contribution >= 4 is 50.3 Å². The van der Waals surface area contributed by atoms with Gasteiger partial charge in [-0.25, -0.2) is 0 Å². The minimum Gasteiger partial charge on any atom is -0.451 e. The zero-order chi connectivity index (χ0) is 16.4. The third kappa shape index (κ3) is 3.38. The van der Waals surface area contributed by atoms with E-state index in [1.807, 2.05) is 0 Å². The molecule has 0 aliphatic carbocycles. The van der Waals surface area contributed by atoms with Crippen LogP contribution in [0.5, 0.6) is 0 Å². The molecule has 0 atom stereocenters. The van der Waals surface area contributed by atoms with Crippen LogP contribution in [0.2, 0.25) is 5.02 Å². The number of hydrogen-bond acceptors (Lipinski definition) is 3. The summed E-state index contributed by atoms with van der Waals surface area (Å²) in [7, 11) is 0. The van der Waals surface area contributed by atoms with E-state index in [1.54, 1.807) is 48.5 Å². The van der Waals surface area contributed by atoms with Gasteiger partial charge in [0.15, 0.2) is 5.76 Å². The Morgan fingerprint density at radius 3 is 2.52 bits per heavy atom. The van der Waals surface area contributed by atoms with Gasteiger partial charge in [0.25, 0.3) is 5.91 Å². The van der Waals surface area contributed by atoms with Gasteiger partial charge in [0.2, 0.25) is 0 Å². The Morgan fingerprint density at radius 2 is 1.74 bits per heavy atom. The normalized spacial score (nSPS) is 10.5. The summed E-state index contributed by atoms with van der Waals surface area (Å²) in [5.41, 5.74) is 5.60. The van der Waals surface area contributed by atoms with E-state index in [2.05, 4.69) is 26.8 Å². The second-order valence-corrected chi connectivity index (χ2v) is 5.97. The van der Waals surface area contributed by atoms with Crippen molar-refractivity contribution in [2.45, 2.75) is 0 Å². The van der Waals surface area contributed by atoms with Crippen LogP contribution in [-0.2, 0) is 0 Å². The van der Waals surface area contributed by atoms with E-state index in [-0.39, 0.29) is 5.76 Å². The fraction of sp³-hybridized carbons (Fsp3) is 0. The fourth-order valence-corrected chi connectivity index (χ4v) is 2.66. The predicted octanol–water partition coefficient (Wildman–Crippen LogP) is 3.92. The number of benzene rings is 2. The van der Waals surface area contributed by atoms with Gasteiger partial charge >= 0.3 is 5.91 Å². The second-order valence-electron chi connectivity index (χ2n) is 4.68. The van der Waals surface area contributed by atoms with Crippen molar-refractivity contribution in [3.63, 3.8) is 0 Å². The monoisotopic (exact) mass is 392 g/mol. The molecular formula is C16H10BrClN2O3. The van der Waals surface area contributed by atoms with Crippen molar-refractivity contribution in [1.82, 2.24) is 10.9 Å². The van der Waals surface area contributed by atoms with Crippen LogP contribution in [0.25, 0.3) is 11.0 Å². The summed E-state index contributed by atoms with van der Waals surface area (Å²) < 4.78 is 6.05. The van der Waals surface area contributed by atoms with Crippen molar-refractivity contribution in [3.05, 3.63) is 69.3 Å². The molecule has 0 unspecified atom stereocenters. The molecule has 2 N–H and O–H groups in total. The van der Waals surface area contributed by atoms with E-state index in [0.29, 0.717) is 26.0 Å². The molecule has 0 aliphatic heterocycles. The summed E-state index contributed by atoms with van der Waals surface area (Å²) in [6, 6.07) is 13.5. The molecule has 3 aromatic rings. The van der Waals surface area contributed by atoms with Gasteiger partial charge in [0, 0.05) is 14.9 Å². The maximum absolute atomic E-state index is 12.1. The molecule has 23 heavy (non-hydrogen) atoms. The van der Waals surface area contributed by atoms with Crippen molar-refractivity contribution < 1.29 is 14.0 Å². The van der Waals surface area contributed by atoms with Gasteiger partial charge in [0.1, 0.15) is 5.58 Å². The van der Waals surface area contributed by atoms with Crippen molar-refractivity contribution in [2.75, 3.05) is 0 Å². The quantitative estimate of drug-likeness (QED) is 0.648. The minimum atomic E-state index is -0.558. The highest BCUT2D eigenvalue weighted by Gasteiger charge is 2.15. The zero-order valence-corrected chi connectivity index (χ0v) is 13.9. The second kappa shape index (κ2) is 6.44.